The van der Waals surface area contributed by atoms with Crippen LogP contribution in [0, 0.1) is 0 Å². The third-order valence-corrected chi connectivity index (χ3v) is 6.36. The summed E-state index contributed by atoms with van der Waals surface area (Å²) < 4.78 is 5.79. The molecule has 1 amide bonds. The van der Waals surface area contributed by atoms with E-state index < -0.39 is 5.97 Å². The molecular weight excluding hydrogens is 526 g/mol. The molecule has 1 atom stereocenters. The molecule has 236 valence electrons. The van der Waals surface area contributed by atoms with E-state index in [1.165, 1.54) is 19.3 Å². The van der Waals surface area contributed by atoms with Crippen LogP contribution < -0.4 is 5.32 Å². The zero-order valence-corrected chi connectivity index (χ0v) is 26.3. The largest absolute Gasteiger partial charge is 0.480 e. The number of hydrogen-bond acceptors (Lipinski definition) is 4. The monoisotopic (exact) mass is 583 g/mol. The molecule has 0 aromatic carbocycles. The Morgan fingerprint density at radius 3 is 1.90 bits per heavy atom. The van der Waals surface area contributed by atoms with Gasteiger partial charge < -0.3 is 15.2 Å². The van der Waals surface area contributed by atoms with Crippen molar-refractivity contribution in [2.45, 2.75) is 129 Å². The molecule has 6 nitrogen and oxygen atoms in total. The standard InChI is InChI=1S/C36H57NO5/c1-3-5-7-9-11-13-14-15-16-17-19-21-27-31-36(41)42-33(28-24-20-18-12-10-8-6-4-2)29-25-22-23-26-30-34(38)37-32-35(39)40/h5,7,11-13,15-16,18-19,21,24,28,33H,3-4,6,8-10,14,17,20,22-23,25-27,29-32H2,1-2H3,(H,37,38)(H,39,40)/b7-5-,13-11-,16-15-,18-12-,21-19-,28-24-. The second-order valence-electron chi connectivity index (χ2n) is 10.3. The van der Waals surface area contributed by atoms with Crippen LogP contribution in [0.25, 0.3) is 0 Å². The van der Waals surface area contributed by atoms with Gasteiger partial charge in [0.05, 0.1) is 0 Å². The Hall–Kier alpha value is -3.15. The number of hydrogen-bond donors (Lipinski definition) is 2. The zero-order valence-electron chi connectivity index (χ0n) is 26.3. The van der Waals surface area contributed by atoms with E-state index in [1.54, 1.807) is 0 Å². The van der Waals surface area contributed by atoms with Gasteiger partial charge >= 0.3 is 11.9 Å². The molecule has 0 heterocycles. The molecule has 42 heavy (non-hydrogen) atoms. The SMILES string of the molecule is CC/C=C\C/C=C\C/C=C\C/C=C\CCC(=O)OC(/C=C\C/C=C\CCCCC)CCCCCCC(=O)NCC(=O)O. The number of allylic oxidation sites excluding steroid dienone is 11. The van der Waals surface area contributed by atoms with Crippen LogP contribution in [0.5, 0.6) is 0 Å². The Balaban J connectivity index is 4.42. The van der Waals surface area contributed by atoms with Crippen LogP contribution in [0.2, 0.25) is 0 Å². The van der Waals surface area contributed by atoms with Gasteiger partial charge in [0, 0.05) is 12.8 Å². The van der Waals surface area contributed by atoms with Gasteiger partial charge in [0.25, 0.3) is 0 Å². The summed E-state index contributed by atoms with van der Waals surface area (Å²) in [6.07, 6.45) is 40.3. The smallest absolute Gasteiger partial charge is 0.322 e. The number of unbranched alkanes of at least 4 members (excludes halogenated alkanes) is 6. The molecule has 6 heteroatoms. The Morgan fingerprint density at radius 2 is 1.26 bits per heavy atom. The molecule has 0 aliphatic rings. The number of carboxylic acid groups (broad SMARTS) is 1. The molecular formula is C36H57NO5. The number of carboxylic acids is 1. The minimum absolute atomic E-state index is 0.183. The topological polar surface area (TPSA) is 92.7 Å². The van der Waals surface area contributed by atoms with Gasteiger partial charge in [0.1, 0.15) is 12.6 Å². The van der Waals surface area contributed by atoms with Gasteiger partial charge in [0.15, 0.2) is 0 Å². The molecule has 0 spiro atoms. The average Bonchev–Trinajstić information content (AvgIpc) is 2.97. The first kappa shape index (κ1) is 38.9. The van der Waals surface area contributed by atoms with E-state index >= 15 is 0 Å². The maximum atomic E-state index is 12.5. The molecule has 0 bridgehead atoms. The van der Waals surface area contributed by atoms with Crippen LogP contribution >= 0.6 is 0 Å². The molecule has 0 aliphatic carbocycles. The normalized spacial score (nSPS) is 13.0. The van der Waals surface area contributed by atoms with E-state index in [0.29, 0.717) is 25.7 Å². The lowest BCUT2D eigenvalue weighted by Crippen LogP contribution is -2.28. The number of amides is 1. The van der Waals surface area contributed by atoms with Crippen molar-refractivity contribution in [1.29, 1.82) is 0 Å². The molecule has 0 aliphatic heterocycles. The highest BCUT2D eigenvalue weighted by molar-refractivity contribution is 5.80. The van der Waals surface area contributed by atoms with Crippen molar-refractivity contribution in [2.24, 2.45) is 0 Å². The van der Waals surface area contributed by atoms with Gasteiger partial charge in [-0.05, 0) is 76.7 Å². The third kappa shape index (κ3) is 29.8. The average molecular weight is 584 g/mol. The quantitative estimate of drug-likeness (QED) is 0.0571. The van der Waals surface area contributed by atoms with Crippen molar-refractivity contribution >= 4 is 17.8 Å². The fraction of sp³-hybridized carbons (Fsp3) is 0.583. The Morgan fingerprint density at radius 1 is 0.667 bits per heavy atom. The Labute approximate surface area is 255 Å². The van der Waals surface area contributed by atoms with E-state index in [0.717, 1.165) is 64.2 Å². The number of nitrogens with one attached hydrogen (secondary N) is 1. The van der Waals surface area contributed by atoms with Gasteiger partial charge in [-0.15, -0.1) is 0 Å². The maximum absolute atomic E-state index is 12.5. The van der Waals surface area contributed by atoms with Crippen molar-refractivity contribution in [2.75, 3.05) is 6.54 Å². The summed E-state index contributed by atoms with van der Waals surface area (Å²) in [7, 11) is 0. The van der Waals surface area contributed by atoms with Crippen LogP contribution in [0.3, 0.4) is 0 Å². The van der Waals surface area contributed by atoms with Crippen LogP contribution in [0.4, 0.5) is 0 Å². The highest BCUT2D eigenvalue weighted by atomic mass is 16.5. The third-order valence-electron chi connectivity index (χ3n) is 6.36. The highest BCUT2D eigenvalue weighted by Gasteiger charge is 2.11. The van der Waals surface area contributed by atoms with Gasteiger partial charge in [0.2, 0.25) is 5.91 Å². The molecule has 0 aromatic heterocycles. The van der Waals surface area contributed by atoms with Crippen molar-refractivity contribution in [1.82, 2.24) is 5.32 Å². The number of carbonyl (C=O) groups excluding carboxylic acids is 2. The second-order valence-corrected chi connectivity index (χ2v) is 10.3. The summed E-state index contributed by atoms with van der Waals surface area (Å²) in [5, 5.41) is 11.0. The number of rotatable bonds is 27. The van der Waals surface area contributed by atoms with Crippen LogP contribution in [-0.4, -0.2) is 35.6 Å². The lowest BCUT2D eigenvalue weighted by molar-refractivity contribution is -0.147. The van der Waals surface area contributed by atoms with Crippen LogP contribution in [-0.2, 0) is 19.1 Å². The molecule has 0 fully saturated rings. The lowest BCUT2D eigenvalue weighted by atomic mass is 10.1. The van der Waals surface area contributed by atoms with Crippen molar-refractivity contribution < 1.29 is 24.2 Å². The molecule has 0 aromatic rings. The van der Waals surface area contributed by atoms with E-state index in [9.17, 15) is 14.4 Å². The van der Waals surface area contributed by atoms with Crippen molar-refractivity contribution in [3.63, 3.8) is 0 Å². The molecule has 0 radical (unpaired) electrons. The zero-order chi connectivity index (χ0) is 30.9. The van der Waals surface area contributed by atoms with E-state index in [2.05, 4.69) is 79.9 Å². The summed E-state index contributed by atoms with van der Waals surface area (Å²) in [4.78, 5) is 34.6. The first-order valence-corrected chi connectivity index (χ1v) is 16.1. The van der Waals surface area contributed by atoms with Gasteiger partial charge in [-0.1, -0.05) is 106 Å². The molecule has 1 unspecified atom stereocenters. The summed E-state index contributed by atoms with van der Waals surface area (Å²) in [6.45, 7) is 4.00. The first-order chi connectivity index (χ1) is 20.5. The summed E-state index contributed by atoms with van der Waals surface area (Å²) in [5.74, 6) is -1.46. The van der Waals surface area contributed by atoms with Gasteiger partial charge in [-0.2, -0.15) is 0 Å². The summed E-state index contributed by atoms with van der Waals surface area (Å²) in [6, 6.07) is 0. The number of aliphatic carboxylic acids is 1. The Kier molecular flexibility index (Phi) is 28.5. The van der Waals surface area contributed by atoms with E-state index in [-0.39, 0.29) is 24.5 Å². The van der Waals surface area contributed by atoms with Crippen LogP contribution in [0.15, 0.2) is 72.9 Å². The molecule has 0 rings (SSSR count). The first-order valence-electron chi connectivity index (χ1n) is 16.1. The predicted octanol–water partition coefficient (Wildman–Crippen LogP) is 9.11. The number of carbonyl (C=O) groups is 3. The predicted molar refractivity (Wildman–Crippen MR) is 175 cm³/mol. The lowest BCUT2D eigenvalue weighted by Gasteiger charge is -2.14. The molecule has 2 N–H and O–H groups in total. The maximum Gasteiger partial charge on any atom is 0.322 e. The second kappa shape index (κ2) is 30.8. The van der Waals surface area contributed by atoms with Gasteiger partial charge in [-0.3, -0.25) is 14.4 Å². The fourth-order valence-electron chi connectivity index (χ4n) is 4.00. The molecule has 0 saturated heterocycles. The minimum atomic E-state index is -1.04. The summed E-state index contributed by atoms with van der Waals surface area (Å²) >= 11 is 0. The van der Waals surface area contributed by atoms with Gasteiger partial charge in [-0.25, -0.2) is 0 Å². The number of ether oxygens (including phenoxy) is 1. The minimum Gasteiger partial charge on any atom is -0.480 e. The molecule has 0 saturated carbocycles. The number of esters is 1. The van der Waals surface area contributed by atoms with Crippen LogP contribution in [0.1, 0.15) is 123 Å². The Bertz CT molecular complexity index is 866. The van der Waals surface area contributed by atoms with E-state index in [4.69, 9.17) is 9.84 Å². The highest BCUT2D eigenvalue weighted by Crippen LogP contribution is 2.13. The van der Waals surface area contributed by atoms with Crippen molar-refractivity contribution in [3.05, 3.63) is 72.9 Å². The van der Waals surface area contributed by atoms with Crippen molar-refractivity contribution in [3.8, 4) is 0 Å². The fourth-order valence-corrected chi connectivity index (χ4v) is 4.00. The summed E-state index contributed by atoms with van der Waals surface area (Å²) in [5.41, 5.74) is 0. The van der Waals surface area contributed by atoms with E-state index in [1.807, 2.05) is 12.2 Å².